The normalized spacial score (nSPS) is 21.4. The number of anilines is 1. The van der Waals surface area contributed by atoms with E-state index in [-0.39, 0.29) is 11.3 Å². The molecule has 7 amide bonds. The van der Waals surface area contributed by atoms with Crippen molar-refractivity contribution in [3.8, 4) is 0 Å². The number of halogens is 3. The van der Waals surface area contributed by atoms with Gasteiger partial charge in [0, 0.05) is 18.7 Å². The number of hydrogen-bond acceptors (Lipinski definition) is 5. The molecule has 2 atom stereocenters. The lowest BCUT2D eigenvalue weighted by molar-refractivity contribution is -0.155. The van der Waals surface area contributed by atoms with Gasteiger partial charge >= 0.3 is 18.2 Å². The first-order valence-electron chi connectivity index (χ1n) is 12.7. The summed E-state index contributed by atoms with van der Waals surface area (Å²) in [6, 6.07) is 9.98. The van der Waals surface area contributed by atoms with E-state index in [1.165, 1.54) is 7.05 Å². The molecule has 210 valence electrons. The molecule has 40 heavy (non-hydrogen) atoms. The van der Waals surface area contributed by atoms with E-state index < -0.39 is 60.5 Å². The third kappa shape index (κ3) is 4.75. The zero-order valence-corrected chi connectivity index (χ0v) is 21.4. The van der Waals surface area contributed by atoms with Crippen LogP contribution in [0.4, 0.5) is 28.4 Å². The van der Waals surface area contributed by atoms with Gasteiger partial charge in [-0.1, -0.05) is 30.3 Å². The lowest BCUT2D eigenvalue weighted by atomic mass is 9.90. The predicted octanol–water partition coefficient (Wildman–Crippen LogP) is 2.46. The third-order valence-corrected chi connectivity index (χ3v) is 7.64. The fraction of sp³-hybridized carbons (Fsp3) is 0.370. The maximum absolute atomic E-state index is 13.4. The molecular weight excluding hydrogens is 531 g/mol. The first kappa shape index (κ1) is 27.2. The summed E-state index contributed by atoms with van der Waals surface area (Å²) in [6.07, 6.45) is -3.62. The van der Waals surface area contributed by atoms with Crippen molar-refractivity contribution in [2.45, 2.75) is 37.4 Å². The standard InChI is InChI=1S/C27H26F3N5O5/c1-31-24(39)33-22(37)18-10-16-6-7-19(12-17(16)11-18)32-21(36)13-35-25(40)34(14-27(28,29)30)23(38)26(35)9-8-15-4-2-3-5-20(15)26/h2-7,12,18H,8-11,13-14H2,1H3,(H,32,36)(H2,31,33,37,39). The summed E-state index contributed by atoms with van der Waals surface area (Å²) in [7, 11) is 1.40. The zero-order valence-electron chi connectivity index (χ0n) is 21.4. The molecule has 13 heteroatoms. The highest BCUT2D eigenvalue weighted by atomic mass is 19.4. The molecule has 0 aromatic heterocycles. The van der Waals surface area contributed by atoms with Gasteiger partial charge < -0.3 is 10.6 Å². The van der Waals surface area contributed by atoms with Gasteiger partial charge in [0.25, 0.3) is 5.91 Å². The van der Waals surface area contributed by atoms with Crippen LogP contribution in [0.5, 0.6) is 0 Å². The maximum Gasteiger partial charge on any atom is 0.406 e. The Labute approximate surface area is 226 Å². The van der Waals surface area contributed by atoms with E-state index in [1.54, 1.807) is 42.5 Å². The molecule has 3 N–H and O–H groups in total. The molecule has 2 aliphatic carbocycles. The number of benzene rings is 2. The van der Waals surface area contributed by atoms with Gasteiger partial charge in [0.05, 0.1) is 0 Å². The topological polar surface area (TPSA) is 128 Å². The summed E-state index contributed by atoms with van der Waals surface area (Å²) in [5, 5.41) is 7.23. The van der Waals surface area contributed by atoms with Gasteiger partial charge in [0.1, 0.15) is 13.1 Å². The van der Waals surface area contributed by atoms with Crippen molar-refractivity contribution in [3.05, 3.63) is 64.7 Å². The smallest absolute Gasteiger partial charge is 0.341 e. The summed E-state index contributed by atoms with van der Waals surface area (Å²) >= 11 is 0. The zero-order chi connectivity index (χ0) is 28.8. The van der Waals surface area contributed by atoms with Gasteiger partial charge in [-0.2, -0.15) is 13.2 Å². The minimum atomic E-state index is -4.80. The van der Waals surface area contributed by atoms with E-state index in [1.807, 2.05) is 0 Å². The van der Waals surface area contributed by atoms with E-state index in [4.69, 9.17) is 0 Å². The number of aryl methyl sites for hydroxylation is 1. The van der Waals surface area contributed by atoms with Crippen molar-refractivity contribution in [2.75, 3.05) is 25.5 Å². The van der Waals surface area contributed by atoms with Gasteiger partial charge in [0.15, 0.2) is 5.54 Å². The van der Waals surface area contributed by atoms with Crippen molar-refractivity contribution in [1.82, 2.24) is 20.4 Å². The molecule has 0 bridgehead atoms. The second-order valence-corrected chi connectivity index (χ2v) is 10.1. The molecular formula is C27H26F3N5O5. The van der Waals surface area contributed by atoms with Crippen LogP contribution in [0, 0.1) is 5.92 Å². The molecule has 1 spiro atoms. The Morgan fingerprint density at radius 3 is 2.48 bits per heavy atom. The number of imide groups is 2. The predicted molar refractivity (Wildman–Crippen MR) is 135 cm³/mol. The number of carbonyl (C=O) groups is 5. The van der Waals surface area contributed by atoms with E-state index >= 15 is 0 Å². The number of hydrogen-bond donors (Lipinski definition) is 3. The van der Waals surface area contributed by atoms with E-state index in [9.17, 15) is 37.1 Å². The molecule has 1 saturated heterocycles. The van der Waals surface area contributed by atoms with Crippen LogP contribution in [0.1, 0.15) is 28.7 Å². The van der Waals surface area contributed by atoms with Crippen molar-refractivity contribution in [1.29, 1.82) is 0 Å². The minimum Gasteiger partial charge on any atom is -0.341 e. The number of urea groups is 2. The van der Waals surface area contributed by atoms with E-state index in [2.05, 4.69) is 16.0 Å². The fourth-order valence-electron chi connectivity index (χ4n) is 5.85. The molecule has 1 aliphatic heterocycles. The Hall–Kier alpha value is -4.42. The highest BCUT2D eigenvalue weighted by molar-refractivity contribution is 6.10. The van der Waals surface area contributed by atoms with E-state index in [0.29, 0.717) is 30.5 Å². The summed E-state index contributed by atoms with van der Waals surface area (Å²) in [4.78, 5) is 64.6. The maximum atomic E-state index is 13.4. The van der Waals surface area contributed by atoms with Crippen molar-refractivity contribution < 1.29 is 37.1 Å². The highest BCUT2D eigenvalue weighted by Gasteiger charge is 2.62. The molecule has 5 rings (SSSR count). The van der Waals surface area contributed by atoms with Crippen LogP contribution in [-0.4, -0.2) is 65.9 Å². The van der Waals surface area contributed by atoms with Crippen LogP contribution in [0.3, 0.4) is 0 Å². The van der Waals surface area contributed by atoms with Crippen LogP contribution in [0.15, 0.2) is 42.5 Å². The quantitative estimate of drug-likeness (QED) is 0.487. The largest absolute Gasteiger partial charge is 0.406 e. The minimum absolute atomic E-state index is 0.0664. The second kappa shape index (κ2) is 9.96. The number of rotatable bonds is 5. The number of nitrogens with one attached hydrogen (secondary N) is 3. The number of alkyl halides is 3. The van der Waals surface area contributed by atoms with Crippen LogP contribution >= 0.6 is 0 Å². The molecule has 2 aromatic rings. The molecule has 10 nitrogen and oxygen atoms in total. The van der Waals surface area contributed by atoms with Crippen LogP contribution in [-0.2, 0) is 39.2 Å². The lowest BCUT2D eigenvalue weighted by Crippen LogP contribution is -2.48. The van der Waals surface area contributed by atoms with Gasteiger partial charge in [-0.3, -0.25) is 29.5 Å². The number of amides is 7. The van der Waals surface area contributed by atoms with Crippen LogP contribution in [0.2, 0.25) is 0 Å². The van der Waals surface area contributed by atoms with Crippen LogP contribution < -0.4 is 16.0 Å². The van der Waals surface area contributed by atoms with E-state index in [0.717, 1.165) is 21.6 Å². The summed E-state index contributed by atoms with van der Waals surface area (Å²) in [5.74, 6) is -2.57. The Morgan fingerprint density at radius 1 is 1.02 bits per heavy atom. The lowest BCUT2D eigenvalue weighted by Gasteiger charge is -2.32. The van der Waals surface area contributed by atoms with Gasteiger partial charge in [-0.05, 0) is 60.1 Å². The summed E-state index contributed by atoms with van der Waals surface area (Å²) in [6.45, 7) is -2.38. The van der Waals surface area contributed by atoms with Gasteiger partial charge in [0.2, 0.25) is 11.8 Å². The second-order valence-electron chi connectivity index (χ2n) is 10.1. The van der Waals surface area contributed by atoms with Gasteiger partial charge in [-0.15, -0.1) is 0 Å². The average molecular weight is 558 g/mol. The molecule has 2 aromatic carbocycles. The summed E-state index contributed by atoms with van der Waals surface area (Å²) < 4.78 is 39.8. The number of nitrogens with zero attached hydrogens (tertiary/aromatic N) is 2. The van der Waals surface area contributed by atoms with Crippen molar-refractivity contribution in [2.24, 2.45) is 5.92 Å². The number of fused-ring (bicyclic) bond motifs is 3. The Morgan fingerprint density at radius 2 is 1.75 bits per heavy atom. The van der Waals surface area contributed by atoms with Crippen LogP contribution in [0.25, 0.3) is 0 Å². The first-order valence-corrected chi connectivity index (χ1v) is 12.7. The molecule has 0 saturated carbocycles. The molecule has 0 radical (unpaired) electrons. The Kier molecular flexibility index (Phi) is 6.76. The average Bonchev–Trinajstić information content (AvgIpc) is 3.55. The number of carbonyl (C=O) groups excluding carboxylic acids is 5. The Balaban J connectivity index is 1.34. The molecule has 1 fully saturated rings. The molecule has 3 aliphatic rings. The fourth-order valence-corrected chi connectivity index (χ4v) is 5.85. The van der Waals surface area contributed by atoms with Crippen molar-refractivity contribution >= 4 is 35.5 Å². The van der Waals surface area contributed by atoms with Crippen molar-refractivity contribution in [3.63, 3.8) is 0 Å². The first-order chi connectivity index (χ1) is 18.9. The molecule has 2 unspecified atom stereocenters. The Bertz CT molecular complexity index is 1430. The SMILES string of the molecule is CNC(=O)NC(=O)C1Cc2ccc(NC(=O)CN3C(=O)N(CC(F)(F)F)C(=O)C34CCc3ccccc34)cc2C1. The monoisotopic (exact) mass is 557 g/mol. The molecule has 1 heterocycles. The third-order valence-electron chi connectivity index (χ3n) is 7.64. The summed E-state index contributed by atoms with van der Waals surface area (Å²) in [5.41, 5.74) is 1.49. The highest BCUT2D eigenvalue weighted by Crippen LogP contribution is 2.47. The van der Waals surface area contributed by atoms with Gasteiger partial charge in [-0.25, -0.2) is 9.59 Å².